The molecule has 4 heteroatoms. The molecule has 0 aromatic heterocycles. The van der Waals surface area contributed by atoms with Crippen molar-refractivity contribution in [3.8, 4) is 0 Å². The molecule has 1 aromatic rings. The molecule has 1 amide bonds. The fourth-order valence-electron chi connectivity index (χ4n) is 2.93. The molecule has 90 valence electrons. The van der Waals surface area contributed by atoms with E-state index in [1.807, 2.05) is 36.2 Å². The lowest BCUT2D eigenvalue weighted by Gasteiger charge is -2.32. The molecule has 0 aliphatic carbocycles. The number of carbonyl (C=O) groups is 1. The van der Waals surface area contributed by atoms with Crippen LogP contribution in [0.4, 0.5) is 5.69 Å². The van der Waals surface area contributed by atoms with Crippen LogP contribution in [-0.4, -0.2) is 41.4 Å². The number of rotatable bonds is 2. The summed E-state index contributed by atoms with van der Waals surface area (Å²) in [7, 11) is 2.02. The molecule has 2 N–H and O–H groups in total. The quantitative estimate of drug-likeness (QED) is 0.762. The number of amides is 1. The Kier molecular flexibility index (Phi) is 2.33. The van der Waals surface area contributed by atoms with Gasteiger partial charge in [-0.15, -0.1) is 0 Å². The summed E-state index contributed by atoms with van der Waals surface area (Å²) in [6.45, 7) is 1.64. The normalized spacial score (nSPS) is 28.1. The second kappa shape index (κ2) is 3.74. The molecule has 1 aromatic carbocycles. The maximum atomic E-state index is 12.1. The van der Waals surface area contributed by atoms with Gasteiger partial charge in [0.25, 0.3) is 0 Å². The highest BCUT2D eigenvalue weighted by molar-refractivity contribution is 5.85. The molecular weight excluding hydrogens is 214 g/mol. The maximum Gasteiger partial charge on any atom is 0.240 e. The van der Waals surface area contributed by atoms with E-state index in [4.69, 9.17) is 5.73 Å². The number of hydrogen-bond acceptors (Lipinski definition) is 3. The Labute approximate surface area is 101 Å². The van der Waals surface area contributed by atoms with Gasteiger partial charge in [-0.1, -0.05) is 18.2 Å². The summed E-state index contributed by atoms with van der Waals surface area (Å²) in [4.78, 5) is 16.3. The molecule has 2 unspecified atom stereocenters. The van der Waals surface area contributed by atoms with Crippen molar-refractivity contribution in [2.75, 3.05) is 19.3 Å². The van der Waals surface area contributed by atoms with Crippen LogP contribution in [-0.2, 0) is 11.3 Å². The third kappa shape index (κ3) is 1.60. The van der Waals surface area contributed by atoms with E-state index in [9.17, 15) is 4.79 Å². The van der Waals surface area contributed by atoms with Crippen LogP contribution in [0.2, 0.25) is 0 Å². The van der Waals surface area contributed by atoms with Gasteiger partial charge in [0.2, 0.25) is 5.91 Å². The highest BCUT2D eigenvalue weighted by atomic mass is 16.2. The monoisotopic (exact) mass is 231 g/mol. The number of nitrogen functional groups attached to an aromatic ring is 1. The average molecular weight is 231 g/mol. The Morgan fingerprint density at radius 3 is 2.82 bits per heavy atom. The molecule has 3 rings (SSSR count). The number of fused-ring (bicyclic) bond motifs is 2. The molecule has 4 nitrogen and oxygen atoms in total. The second-order valence-electron chi connectivity index (χ2n) is 5.01. The molecule has 2 atom stereocenters. The number of anilines is 1. The number of benzene rings is 1. The van der Waals surface area contributed by atoms with Crippen molar-refractivity contribution in [1.82, 2.24) is 9.80 Å². The molecule has 2 heterocycles. The van der Waals surface area contributed by atoms with Crippen LogP contribution in [0, 0.1) is 0 Å². The first-order valence-electron chi connectivity index (χ1n) is 6.01. The van der Waals surface area contributed by atoms with Gasteiger partial charge in [-0.25, -0.2) is 0 Å². The molecular formula is C13H17N3O. The third-order valence-electron chi connectivity index (χ3n) is 3.93. The minimum Gasteiger partial charge on any atom is -0.398 e. The van der Waals surface area contributed by atoms with Crippen LogP contribution in [0.3, 0.4) is 0 Å². The largest absolute Gasteiger partial charge is 0.398 e. The number of para-hydroxylation sites is 1. The zero-order valence-corrected chi connectivity index (χ0v) is 9.97. The van der Waals surface area contributed by atoms with Gasteiger partial charge in [0.15, 0.2) is 0 Å². The summed E-state index contributed by atoms with van der Waals surface area (Å²) < 4.78 is 0. The first-order valence-corrected chi connectivity index (χ1v) is 6.01. The van der Waals surface area contributed by atoms with Crippen molar-refractivity contribution < 1.29 is 4.79 Å². The SMILES string of the molecule is CN1CC2CC1C(=O)N2Cc1ccccc1N. The highest BCUT2D eigenvalue weighted by Crippen LogP contribution is 2.32. The van der Waals surface area contributed by atoms with Gasteiger partial charge in [-0.2, -0.15) is 0 Å². The first kappa shape index (κ1) is 10.6. The zero-order chi connectivity index (χ0) is 12.0. The molecule has 2 aliphatic rings. The van der Waals surface area contributed by atoms with Crippen LogP contribution in [0.1, 0.15) is 12.0 Å². The lowest BCUT2D eigenvalue weighted by Crippen LogP contribution is -2.48. The number of hydrogen-bond donors (Lipinski definition) is 1. The molecule has 0 radical (unpaired) electrons. The van der Waals surface area contributed by atoms with Gasteiger partial charge in [0.05, 0.1) is 6.04 Å². The number of nitrogens with zero attached hydrogens (tertiary/aromatic N) is 2. The topological polar surface area (TPSA) is 49.6 Å². The van der Waals surface area contributed by atoms with Gasteiger partial charge in [0, 0.05) is 24.8 Å². The van der Waals surface area contributed by atoms with Gasteiger partial charge in [-0.3, -0.25) is 9.69 Å². The summed E-state index contributed by atoms with van der Waals surface area (Å²) in [5, 5.41) is 0. The van der Waals surface area contributed by atoms with Crippen LogP contribution in [0.5, 0.6) is 0 Å². The van der Waals surface area contributed by atoms with E-state index >= 15 is 0 Å². The Bertz CT molecular complexity index is 460. The summed E-state index contributed by atoms with van der Waals surface area (Å²) >= 11 is 0. The van der Waals surface area contributed by atoms with Crippen LogP contribution in [0.15, 0.2) is 24.3 Å². The van der Waals surface area contributed by atoms with Crippen molar-refractivity contribution in [1.29, 1.82) is 0 Å². The molecule has 0 spiro atoms. The molecule has 2 aliphatic heterocycles. The van der Waals surface area contributed by atoms with Crippen LogP contribution in [0.25, 0.3) is 0 Å². The number of likely N-dealkylation sites (tertiary alicyclic amines) is 2. The lowest BCUT2D eigenvalue weighted by molar-refractivity contribution is -0.136. The summed E-state index contributed by atoms with van der Waals surface area (Å²) in [6, 6.07) is 8.25. The Morgan fingerprint density at radius 2 is 2.18 bits per heavy atom. The molecule has 2 saturated heterocycles. The summed E-state index contributed by atoms with van der Waals surface area (Å²) in [5.41, 5.74) is 7.75. The summed E-state index contributed by atoms with van der Waals surface area (Å²) in [5.74, 6) is 0.256. The van der Waals surface area contributed by atoms with E-state index in [1.165, 1.54) is 0 Å². The average Bonchev–Trinajstić information content (AvgIpc) is 2.81. The van der Waals surface area contributed by atoms with E-state index in [2.05, 4.69) is 4.90 Å². The molecule has 17 heavy (non-hydrogen) atoms. The van der Waals surface area contributed by atoms with Crippen molar-refractivity contribution in [3.63, 3.8) is 0 Å². The van der Waals surface area contributed by atoms with Gasteiger partial charge in [0.1, 0.15) is 0 Å². The smallest absolute Gasteiger partial charge is 0.240 e. The zero-order valence-electron chi connectivity index (χ0n) is 9.97. The highest BCUT2D eigenvalue weighted by Gasteiger charge is 2.47. The Hall–Kier alpha value is -1.55. The van der Waals surface area contributed by atoms with E-state index in [-0.39, 0.29) is 11.9 Å². The lowest BCUT2D eigenvalue weighted by atomic mass is 10.1. The number of likely N-dealkylation sites (N-methyl/N-ethyl adjacent to an activating group) is 1. The third-order valence-corrected chi connectivity index (χ3v) is 3.93. The minimum absolute atomic E-state index is 0.102. The first-order chi connectivity index (χ1) is 8.16. The van der Waals surface area contributed by atoms with E-state index in [0.717, 1.165) is 24.2 Å². The predicted octanol–water partition coefficient (Wildman–Crippen LogP) is 0.684. The standard InChI is InChI=1S/C13H17N3O/c1-15-8-10-6-12(15)13(17)16(10)7-9-4-2-3-5-11(9)14/h2-5,10,12H,6-8,14H2,1H3. The molecule has 2 bridgehead atoms. The fraction of sp³-hybridized carbons (Fsp3) is 0.462. The second-order valence-corrected chi connectivity index (χ2v) is 5.01. The van der Waals surface area contributed by atoms with Gasteiger partial charge in [-0.05, 0) is 25.1 Å². The van der Waals surface area contributed by atoms with Crippen LogP contribution < -0.4 is 5.73 Å². The fourth-order valence-corrected chi connectivity index (χ4v) is 2.93. The maximum absolute atomic E-state index is 12.1. The van der Waals surface area contributed by atoms with Gasteiger partial charge < -0.3 is 10.6 Å². The molecule has 2 fully saturated rings. The predicted molar refractivity (Wildman–Crippen MR) is 66.2 cm³/mol. The van der Waals surface area contributed by atoms with Crippen molar-refractivity contribution >= 4 is 11.6 Å². The van der Waals surface area contributed by atoms with Crippen molar-refractivity contribution in [2.24, 2.45) is 0 Å². The number of carbonyl (C=O) groups excluding carboxylic acids is 1. The van der Waals surface area contributed by atoms with Crippen LogP contribution >= 0.6 is 0 Å². The van der Waals surface area contributed by atoms with E-state index in [1.54, 1.807) is 0 Å². The van der Waals surface area contributed by atoms with E-state index in [0.29, 0.717) is 12.6 Å². The molecule has 0 saturated carbocycles. The van der Waals surface area contributed by atoms with E-state index < -0.39 is 0 Å². The minimum atomic E-state index is 0.102. The number of piperazine rings is 1. The number of nitrogens with two attached hydrogens (primary N) is 1. The van der Waals surface area contributed by atoms with Gasteiger partial charge >= 0.3 is 0 Å². The van der Waals surface area contributed by atoms with Crippen molar-refractivity contribution in [3.05, 3.63) is 29.8 Å². The Morgan fingerprint density at radius 1 is 1.41 bits per heavy atom. The summed E-state index contributed by atoms with van der Waals surface area (Å²) in [6.07, 6.45) is 0.974. The van der Waals surface area contributed by atoms with Crippen molar-refractivity contribution in [2.45, 2.75) is 25.0 Å². The Balaban J connectivity index is 1.80.